The van der Waals surface area contributed by atoms with Gasteiger partial charge in [0.1, 0.15) is 11.5 Å². The number of aryl methyl sites for hydroxylation is 1. The van der Waals surface area contributed by atoms with Crippen LogP contribution in [0, 0.1) is 17.3 Å². The SMILES string of the molecule is CC.CC.CC12CCC3c4ccc(OS(N)(=O)=O)cc4CCC3C1CCC2=O. The van der Waals surface area contributed by atoms with Crippen LogP contribution in [-0.4, -0.2) is 14.2 Å². The molecule has 0 bridgehead atoms. The number of benzene rings is 1. The lowest BCUT2D eigenvalue weighted by Gasteiger charge is -2.48. The smallest absolute Gasteiger partial charge is 0.371 e. The topological polar surface area (TPSA) is 86.5 Å². The number of carbonyl (C=O) groups is 1. The Morgan fingerprint density at radius 3 is 2.39 bits per heavy atom. The molecule has 2 N–H and O–H groups in total. The molecule has 0 saturated heterocycles. The number of hydrogen-bond donors (Lipinski definition) is 1. The summed E-state index contributed by atoms with van der Waals surface area (Å²) in [6, 6.07) is 5.49. The van der Waals surface area contributed by atoms with Crippen molar-refractivity contribution in [3.63, 3.8) is 0 Å². The number of carbonyl (C=O) groups excluding carboxylic acids is 1. The van der Waals surface area contributed by atoms with Gasteiger partial charge >= 0.3 is 10.3 Å². The predicted molar refractivity (Wildman–Crippen MR) is 112 cm³/mol. The molecule has 28 heavy (non-hydrogen) atoms. The molecule has 0 spiro atoms. The maximum Gasteiger partial charge on any atom is 0.380 e. The molecule has 158 valence electrons. The Hall–Kier alpha value is -1.40. The minimum Gasteiger partial charge on any atom is -0.371 e. The summed E-state index contributed by atoms with van der Waals surface area (Å²) in [5, 5.41) is 4.95. The molecule has 0 radical (unpaired) electrons. The van der Waals surface area contributed by atoms with Crippen molar-refractivity contribution in [3.05, 3.63) is 29.3 Å². The number of fused-ring (bicyclic) bond motifs is 5. The van der Waals surface area contributed by atoms with Crippen LogP contribution in [0.1, 0.15) is 83.8 Å². The number of ketones is 1. The fourth-order valence-corrected chi connectivity index (χ4v) is 5.89. The van der Waals surface area contributed by atoms with Crippen molar-refractivity contribution in [2.75, 3.05) is 0 Å². The van der Waals surface area contributed by atoms with E-state index in [-0.39, 0.29) is 11.2 Å². The first kappa shape index (κ1) is 22.9. The zero-order valence-electron chi connectivity index (χ0n) is 17.8. The Morgan fingerprint density at radius 2 is 1.75 bits per heavy atom. The Balaban J connectivity index is 0.000000660. The monoisotopic (exact) mass is 409 g/mol. The van der Waals surface area contributed by atoms with E-state index in [0.717, 1.165) is 44.1 Å². The standard InChI is InChI=1S/C18H23NO4S.2C2H6/c1-18-9-8-14-13-5-3-12(23-24(19,21)22)10-11(13)2-4-15(14)16(18)6-7-17(18)20;2*1-2/h3,5,10,14-16H,2,4,6-9H2,1H3,(H2,19,21,22);2*1-2H3. The van der Waals surface area contributed by atoms with E-state index >= 15 is 0 Å². The van der Waals surface area contributed by atoms with Gasteiger partial charge in [-0.2, -0.15) is 13.6 Å². The first-order valence-electron chi connectivity index (χ1n) is 10.7. The molecule has 1 aromatic carbocycles. The van der Waals surface area contributed by atoms with E-state index in [1.165, 1.54) is 5.56 Å². The van der Waals surface area contributed by atoms with Gasteiger partial charge in [0.05, 0.1) is 0 Å². The molecule has 0 heterocycles. The van der Waals surface area contributed by atoms with Crippen LogP contribution < -0.4 is 9.32 Å². The van der Waals surface area contributed by atoms with E-state index in [0.29, 0.717) is 23.5 Å². The average molecular weight is 410 g/mol. The lowest BCUT2D eigenvalue weighted by Crippen LogP contribution is -2.42. The Morgan fingerprint density at radius 1 is 1.07 bits per heavy atom. The van der Waals surface area contributed by atoms with Crippen LogP contribution in [0.15, 0.2) is 18.2 Å². The Kier molecular flexibility index (Phi) is 7.32. The molecule has 2 saturated carbocycles. The van der Waals surface area contributed by atoms with Gasteiger partial charge in [0.25, 0.3) is 0 Å². The van der Waals surface area contributed by atoms with Gasteiger partial charge < -0.3 is 4.18 Å². The van der Waals surface area contributed by atoms with E-state index < -0.39 is 10.3 Å². The molecule has 5 nitrogen and oxygen atoms in total. The molecule has 4 rings (SSSR count). The van der Waals surface area contributed by atoms with Gasteiger partial charge in [-0.25, -0.2) is 0 Å². The maximum atomic E-state index is 12.3. The van der Waals surface area contributed by atoms with Gasteiger partial charge in [0.2, 0.25) is 0 Å². The second-order valence-electron chi connectivity index (χ2n) is 7.77. The summed E-state index contributed by atoms with van der Waals surface area (Å²) in [5.41, 5.74) is 2.34. The number of Topliss-reactive ketones (excluding diaryl/α,β-unsaturated/α-hetero) is 1. The lowest BCUT2D eigenvalue weighted by molar-refractivity contribution is -0.129. The fourth-order valence-electron chi connectivity index (χ4n) is 5.52. The molecule has 6 heteroatoms. The summed E-state index contributed by atoms with van der Waals surface area (Å²) in [5.74, 6) is 2.27. The molecule has 4 unspecified atom stereocenters. The second kappa shape index (κ2) is 8.95. The summed E-state index contributed by atoms with van der Waals surface area (Å²) < 4.78 is 27.0. The van der Waals surface area contributed by atoms with Gasteiger partial charge in [-0.05, 0) is 73.1 Å². The van der Waals surface area contributed by atoms with Gasteiger partial charge in [0, 0.05) is 11.8 Å². The summed E-state index contributed by atoms with van der Waals surface area (Å²) in [6.07, 6.45) is 5.72. The normalized spacial score (nSPS) is 30.5. The van der Waals surface area contributed by atoms with Gasteiger partial charge in [-0.15, -0.1) is 0 Å². The highest BCUT2D eigenvalue weighted by molar-refractivity contribution is 7.84. The van der Waals surface area contributed by atoms with E-state index in [1.807, 2.05) is 39.8 Å². The van der Waals surface area contributed by atoms with Crippen LogP contribution in [0.25, 0.3) is 0 Å². The first-order chi connectivity index (χ1) is 13.3. The van der Waals surface area contributed by atoms with Crippen molar-refractivity contribution >= 4 is 16.1 Å². The van der Waals surface area contributed by atoms with E-state index in [2.05, 4.69) is 6.92 Å². The highest BCUT2D eigenvalue weighted by Gasteiger charge is 2.54. The van der Waals surface area contributed by atoms with Crippen LogP contribution in [0.4, 0.5) is 0 Å². The molecule has 3 aliphatic rings. The van der Waals surface area contributed by atoms with Crippen LogP contribution in [0.5, 0.6) is 5.75 Å². The van der Waals surface area contributed by atoms with Crippen molar-refractivity contribution in [2.45, 2.75) is 79.1 Å². The second-order valence-corrected chi connectivity index (χ2v) is 8.92. The van der Waals surface area contributed by atoms with Crippen molar-refractivity contribution in [1.29, 1.82) is 0 Å². The highest BCUT2D eigenvalue weighted by Crippen LogP contribution is 2.59. The number of hydrogen-bond acceptors (Lipinski definition) is 4. The van der Waals surface area contributed by atoms with E-state index in [1.54, 1.807) is 6.07 Å². The van der Waals surface area contributed by atoms with Crippen LogP contribution >= 0.6 is 0 Å². The first-order valence-corrected chi connectivity index (χ1v) is 12.1. The molecular weight excluding hydrogens is 374 g/mol. The Labute approximate surface area is 170 Å². The third-order valence-corrected chi connectivity index (χ3v) is 7.04. The molecule has 0 amide bonds. The Bertz CT molecular complexity index is 805. The van der Waals surface area contributed by atoms with Crippen LogP contribution in [0.2, 0.25) is 0 Å². The third kappa shape index (κ3) is 4.28. The summed E-state index contributed by atoms with van der Waals surface area (Å²) in [7, 11) is -3.99. The fraction of sp³-hybridized carbons (Fsp3) is 0.682. The average Bonchev–Trinajstić information content (AvgIpc) is 2.98. The van der Waals surface area contributed by atoms with Crippen molar-refractivity contribution < 1.29 is 17.4 Å². The zero-order valence-corrected chi connectivity index (χ0v) is 18.6. The quantitative estimate of drug-likeness (QED) is 0.764. The minimum absolute atomic E-state index is 0.116. The largest absolute Gasteiger partial charge is 0.380 e. The van der Waals surface area contributed by atoms with E-state index in [4.69, 9.17) is 9.32 Å². The maximum absolute atomic E-state index is 12.3. The van der Waals surface area contributed by atoms with Crippen LogP contribution in [0.3, 0.4) is 0 Å². The number of rotatable bonds is 2. The lowest BCUT2D eigenvalue weighted by atomic mass is 9.55. The zero-order chi connectivity index (χ0) is 21.1. The van der Waals surface area contributed by atoms with Gasteiger partial charge in [0.15, 0.2) is 0 Å². The minimum atomic E-state index is -3.99. The van der Waals surface area contributed by atoms with Crippen molar-refractivity contribution in [3.8, 4) is 5.75 Å². The van der Waals surface area contributed by atoms with Crippen LogP contribution in [-0.2, 0) is 21.5 Å². The summed E-state index contributed by atoms with van der Waals surface area (Å²) in [6.45, 7) is 10.2. The third-order valence-electron chi connectivity index (χ3n) is 6.62. The summed E-state index contributed by atoms with van der Waals surface area (Å²) >= 11 is 0. The molecular formula is C22H35NO4S. The molecule has 0 aliphatic heterocycles. The van der Waals surface area contributed by atoms with E-state index in [9.17, 15) is 13.2 Å². The van der Waals surface area contributed by atoms with Gasteiger partial charge in [-0.1, -0.05) is 40.7 Å². The predicted octanol–water partition coefficient (Wildman–Crippen LogP) is 4.75. The highest BCUT2D eigenvalue weighted by atomic mass is 32.2. The molecule has 1 aromatic rings. The molecule has 2 fully saturated rings. The van der Waals surface area contributed by atoms with Crippen molar-refractivity contribution in [1.82, 2.24) is 0 Å². The molecule has 4 atom stereocenters. The van der Waals surface area contributed by atoms with Gasteiger partial charge in [-0.3, -0.25) is 4.79 Å². The van der Waals surface area contributed by atoms with Crippen molar-refractivity contribution in [2.24, 2.45) is 22.4 Å². The molecule has 0 aromatic heterocycles. The molecule has 3 aliphatic carbocycles. The number of nitrogens with two attached hydrogens (primary N) is 1. The summed E-state index contributed by atoms with van der Waals surface area (Å²) in [4.78, 5) is 12.3.